The third-order valence-corrected chi connectivity index (χ3v) is 2.60. The zero-order chi connectivity index (χ0) is 12.6. The Bertz CT molecular complexity index is 572. The molecule has 1 aromatic carbocycles. The summed E-state index contributed by atoms with van der Waals surface area (Å²) in [5.41, 5.74) is 1.44. The van der Waals surface area contributed by atoms with E-state index in [0.29, 0.717) is 11.3 Å². The molecule has 0 amide bonds. The van der Waals surface area contributed by atoms with Crippen LogP contribution in [0, 0.1) is 0 Å². The van der Waals surface area contributed by atoms with Gasteiger partial charge in [-0.3, -0.25) is 0 Å². The molecular weight excluding hydrogens is 220 g/mol. The fraction of sp³-hybridized carbons (Fsp3) is 0.333. The van der Waals surface area contributed by atoms with Gasteiger partial charge in [0.2, 0.25) is 5.82 Å². The highest BCUT2D eigenvalue weighted by molar-refractivity contribution is 5.90. The molecule has 1 N–H and O–H groups in total. The number of methoxy groups -OCH3 is 1. The summed E-state index contributed by atoms with van der Waals surface area (Å²) in [7, 11) is 1.57. The first-order chi connectivity index (χ1) is 8.04. The number of nitrogens with zero attached hydrogens (tertiary/aromatic N) is 2. The topological polar surface area (TPSA) is 64.3 Å². The van der Waals surface area contributed by atoms with E-state index < -0.39 is 5.97 Å². The van der Waals surface area contributed by atoms with Gasteiger partial charge in [-0.2, -0.15) is 0 Å². The Balaban J connectivity index is 2.74. The maximum atomic E-state index is 11.1. The van der Waals surface area contributed by atoms with E-state index in [0.717, 1.165) is 5.52 Å². The Kier molecular flexibility index (Phi) is 2.75. The number of carbonyl (C=O) groups is 1. The molecule has 0 aliphatic rings. The molecule has 0 saturated heterocycles. The first-order valence-electron chi connectivity index (χ1n) is 5.34. The lowest BCUT2D eigenvalue weighted by Crippen LogP contribution is -2.11. The Morgan fingerprint density at radius 1 is 1.47 bits per heavy atom. The van der Waals surface area contributed by atoms with E-state index in [-0.39, 0.29) is 11.9 Å². The van der Waals surface area contributed by atoms with Crippen molar-refractivity contribution in [3.8, 4) is 5.75 Å². The van der Waals surface area contributed by atoms with Gasteiger partial charge >= 0.3 is 5.97 Å². The van der Waals surface area contributed by atoms with E-state index in [2.05, 4.69) is 4.98 Å². The normalized spacial score (nSPS) is 11.1. The van der Waals surface area contributed by atoms with Crippen LogP contribution in [-0.4, -0.2) is 27.7 Å². The molecule has 0 aliphatic heterocycles. The first kappa shape index (κ1) is 11.4. The molecule has 0 fully saturated rings. The highest BCUT2D eigenvalue weighted by atomic mass is 16.5. The Morgan fingerprint density at radius 3 is 2.71 bits per heavy atom. The Morgan fingerprint density at radius 2 is 2.18 bits per heavy atom. The van der Waals surface area contributed by atoms with Gasteiger partial charge in [0.1, 0.15) is 5.75 Å². The van der Waals surface area contributed by atoms with Crippen LogP contribution in [0.4, 0.5) is 0 Å². The van der Waals surface area contributed by atoms with Crippen molar-refractivity contribution in [2.24, 2.45) is 0 Å². The third kappa shape index (κ3) is 1.84. The largest absolute Gasteiger partial charge is 0.497 e. The average Bonchev–Trinajstić information content (AvgIpc) is 2.66. The second-order valence-corrected chi connectivity index (χ2v) is 4.06. The summed E-state index contributed by atoms with van der Waals surface area (Å²) < 4.78 is 6.80. The van der Waals surface area contributed by atoms with Crippen molar-refractivity contribution in [3.63, 3.8) is 0 Å². The molecule has 0 atom stereocenters. The van der Waals surface area contributed by atoms with Gasteiger partial charge in [-0.25, -0.2) is 9.78 Å². The SMILES string of the molecule is COc1ccc2c(c1)nc(C(=O)O)n2C(C)C. The van der Waals surface area contributed by atoms with Crippen LogP contribution >= 0.6 is 0 Å². The number of hydrogen-bond acceptors (Lipinski definition) is 3. The van der Waals surface area contributed by atoms with Crippen LogP contribution in [0.3, 0.4) is 0 Å². The molecule has 5 heteroatoms. The predicted octanol–water partition coefficient (Wildman–Crippen LogP) is 2.32. The standard InChI is InChI=1S/C12H14N2O3/c1-7(2)14-10-5-4-8(17-3)6-9(10)13-11(14)12(15)16/h4-7H,1-3H3,(H,15,16). The van der Waals surface area contributed by atoms with Gasteiger partial charge in [-0.15, -0.1) is 0 Å². The van der Waals surface area contributed by atoms with Gasteiger partial charge in [0, 0.05) is 12.1 Å². The minimum atomic E-state index is -1.02. The van der Waals surface area contributed by atoms with E-state index in [1.165, 1.54) is 0 Å². The minimum absolute atomic E-state index is 0.0412. The van der Waals surface area contributed by atoms with Crippen molar-refractivity contribution < 1.29 is 14.6 Å². The smallest absolute Gasteiger partial charge is 0.372 e. The Labute approximate surface area is 98.6 Å². The predicted molar refractivity (Wildman–Crippen MR) is 63.6 cm³/mol. The first-order valence-corrected chi connectivity index (χ1v) is 5.34. The molecule has 90 valence electrons. The molecule has 17 heavy (non-hydrogen) atoms. The summed E-state index contributed by atoms with van der Waals surface area (Å²) in [6.45, 7) is 3.86. The maximum absolute atomic E-state index is 11.1. The van der Waals surface area contributed by atoms with Crippen LogP contribution in [-0.2, 0) is 0 Å². The van der Waals surface area contributed by atoms with Crippen molar-refractivity contribution in [2.45, 2.75) is 19.9 Å². The summed E-state index contributed by atoms with van der Waals surface area (Å²) in [4.78, 5) is 15.3. The van der Waals surface area contributed by atoms with Gasteiger partial charge in [-0.05, 0) is 26.0 Å². The van der Waals surface area contributed by atoms with Gasteiger partial charge in [0.25, 0.3) is 0 Å². The maximum Gasteiger partial charge on any atom is 0.372 e. The van der Waals surface area contributed by atoms with E-state index in [9.17, 15) is 4.79 Å². The average molecular weight is 234 g/mol. The summed E-state index contributed by atoms with van der Waals surface area (Å²) in [6, 6.07) is 5.41. The molecule has 1 heterocycles. The molecule has 2 rings (SSSR count). The third-order valence-electron chi connectivity index (χ3n) is 2.60. The number of ether oxygens (including phenoxy) is 1. The van der Waals surface area contributed by atoms with Gasteiger partial charge in [0.15, 0.2) is 0 Å². The van der Waals surface area contributed by atoms with Crippen LogP contribution in [0.5, 0.6) is 5.75 Å². The molecule has 0 radical (unpaired) electrons. The molecule has 2 aromatic rings. The highest BCUT2D eigenvalue weighted by Crippen LogP contribution is 2.24. The number of hydrogen-bond donors (Lipinski definition) is 1. The van der Waals surface area contributed by atoms with Gasteiger partial charge in [-0.1, -0.05) is 0 Å². The summed E-state index contributed by atoms with van der Waals surface area (Å²) in [5, 5.41) is 9.13. The van der Waals surface area contributed by atoms with Crippen molar-refractivity contribution in [3.05, 3.63) is 24.0 Å². The minimum Gasteiger partial charge on any atom is -0.497 e. The molecule has 0 unspecified atom stereocenters. The van der Waals surface area contributed by atoms with Crippen LogP contribution in [0.15, 0.2) is 18.2 Å². The zero-order valence-electron chi connectivity index (χ0n) is 9.97. The molecule has 0 bridgehead atoms. The fourth-order valence-corrected chi connectivity index (χ4v) is 1.88. The van der Waals surface area contributed by atoms with Crippen molar-refractivity contribution >= 4 is 17.0 Å². The van der Waals surface area contributed by atoms with Crippen molar-refractivity contribution in [2.75, 3.05) is 7.11 Å². The molecule has 5 nitrogen and oxygen atoms in total. The summed E-state index contributed by atoms with van der Waals surface area (Å²) in [5.74, 6) is -0.292. The van der Waals surface area contributed by atoms with Gasteiger partial charge < -0.3 is 14.4 Å². The summed E-state index contributed by atoms with van der Waals surface area (Å²) in [6.07, 6.45) is 0. The van der Waals surface area contributed by atoms with E-state index >= 15 is 0 Å². The number of imidazole rings is 1. The molecular formula is C12H14N2O3. The molecule has 0 saturated carbocycles. The number of fused-ring (bicyclic) bond motifs is 1. The van der Waals surface area contributed by atoms with E-state index in [1.54, 1.807) is 23.8 Å². The van der Waals surface area contributed by atoms with Crippen LogP contribution in [0.2, 0.25) is 0 Å². The van der Waals surface area contributed by atoms with Gasteiger partial charge in [0.05, 0.1) is 18.1 Å². The van der Waals surface area contributed by atoms with Crippen molar-refractivity contribution in [1.82, 2.24) is 9.55 Å². The number of aromatic carboxylic acids is 1. The van der Waals surface area contributed by atoms with Crippen LogP contribution in [0.25, 0.3) is 11.0 Å². The molecule has 1 aromatic heterocycles. The number of benzene rings is 1. The van der Waals surface area contributed by atoms with E-state index in [4.69, 9.17) is 9.84 Å². The Hall–Kier alpha value is -2.04. The lowest BCUT2D eigenvalue weighted by molar-refractivity contribution is 0.0677. The lowest BCUT2D eigenvalue weighted by Gasteiger charge is -2.10. The molecule has 0 aliphatic carbocycles. The zero-order valence-corrected chi connectivity index (χ0v) is 9.97. The fourth-order valence-electron chi connectivity index (χ4n) is 1.88. The second-order valence-electron chi connectivity index (χ2n) is 4.06. The van der Waals surface area contributed by atoms with E-state index in [1.807, 2.05) is 19.9 Å². The quantitative estimate of drug-likeness (QED) is 0.885. The number of aromatic nitrogens is 2. The lowest BCUT2D eigenvalue weighted by atomic mass is 10.2. The number of carboxylic acid groups (broad SMARTS) is 1. The van der Waals surface area contributed by atoms with Crippen LogP contribution in [0.1, 0.15) is 30.5 Å². The number of rotatable bonds is 3. The second kappa shape index (κ2) is 4.08. The molecule has 0 spiro atoms. The highest BCUT2D eigenvalue weighted by Gasteiger charge is 2.18. The summed E-state index contributed by atoms with van der Waals surface area (Å²) >= 11 is 0. The monoisotopic (exact) mass is 234 g/mol. The number of carboxylic acids is 1. The van der Waals surface area contributed by atoms with Crippen LogP contribution < -0.4 is 4.74 Å². The van der Waals surface area contributed by atoms with Crippen molar-refractivity contribution in [1.29, 1.82) is 0 Å².